The molecule has 0 spiro atoms. The molecule has 1 aromatic rings. The fraction of sp³-hybridized carbons (Fsp3) is 0.714. The Hall–Kier alpha value is -1.21. The van der Waals surface area contributed by atoms with E-state index in [4.69, 9.17) is 4.74 Å². The molecular weight excluding hydrogens is 290 g/mol. The van der Waals surface area contributed by atoms with Crippen molar-refractivity contribution in [2.45, 2.75) is 37.8 Å². The van der Waals surface area contributed by atoms with Crippen LogP contribution in [-0.2, 0) is 9.84 Å². The molecule has 1 fully saturated rings. The van der Waals surface area contributed by atoms with Crippen LogP contribution in [0.3, 0.4) is 0 Å². The van der Waals surface area contributed by atoms with Gasteiger partial charge in [-0.25, -0.2) is 8.42 Å². The molecule has 0 radical (unpaired) electrons. The van der Waals surface area contributed by atoms with Gasteiger partial charge in [0.15, 0.2) is 14.9 Å². The molecule has 2 atom stereocenters. The molecule has 0 aliphatic carbocycles. The Morgan fingerprint density at radius 3 is 2.71 bits per heavy atom. The normalized spacial score (nSPS) is 23.4. The summed E-state index contributed by atoms with van der Waals surface area (Å²) in [5, 5.41) is 7.47. The van der Waals surface area contributed by atoms with Crippen LogP contribution in [0.2, 0.25) is 0 Å². The Labute approximate surface area is 126 Å². The molecule has 0 amide bonds. The van der Waals surface area contributed by atoms with Crippen molar-refractivity contribution in [3.8, 4) is 5.88 Å². The minimum Gasteiger partial charge on any atom is -0.476 e. The molecule has 7 heteroatoms. The van der Waals surface area contributed by atoms with E-state index < -0.39 is 9.84 Å². The van der Waals surface area contributed by atoms with E-state index in [9.17, 15) is 8.42 Å². The first kappa shape index (κ1) is 16.2. The standard InChI is InChI=1S/C14H23N3O3S/c1-4-7-17-9-12(8-11(17)2)10-20-13-5-6-14(16-15-13)21(3,18)19/h5-6,11-12H,4,7-10H2,1-3H3. The summed E-state index contributed by atoms with van der Waals surface area (Å²) in [5.74, 6) is 0.868. The topological polar surface area (TPSA) is 72.4 Å². The van der Waals surface area contributed by atoms with Crippen LogP contribution in [0, 0.1) is 5.92 Å². The van der Waals surface area contributed by atoms with E-state index >= 15 is 0 Å². The maximum Gasteiger partial charge on any atom is 0.233 e. The summed E-state index contributed by atoms with van der Waals surface area (Å²) in [5.41, 5.74) is 0. The lowest BCUT2D eigenvalue weighted by Gasteiger charge is -2.19. The van der Waals surface area contributed by atoms with Crippen molar-refractivity contribution in [1.29, 1.82) is 0 Å². The summed E-state index contributed by atoms with van der Waals surface area (Å²) in [7, 11) is -3.31. The third kappa shape index (κ3) is 4.38. The van der Waals surface area contributed by atoms with Gasteiger partial charge in [-0.2, -0.15) is 0 Å². The van der Waals surface area contributed by atoms with Crippen LogP contribution in [0.1, 0.15) is 26.7 Å². The molecule has 1 aliphatic heterocycles. The van der Waals surface area contributed by atoms with Gasteiger partial charge in [0, 0.05) is 30.8 Å². The summed E-state index contributed by atoms with van der Waals surface area (Å²) in [6.07, 6.45) is 3.39. The fourth-order valence-electron chi connectivity index (χ4n) is 2.72. The zero-order valence-corrected chi connectivity index (χ0v) is 13.6. The van der Waals surface area contributed by atoms with Crippen molar-refractivity contribution >= 4 is 9.84 Å². The molecule has 0 N–H and O–H groups in total. The first-order valence-electron chi connectivity index (χ1n) is 7.30. The van der Waals surface area contributed by atoms with Gasteiger partial charge in [0.05, 0.1) is 6.61 Å². The van der Waals surface area contributed by atoms with E-state index in [1.807, 2.05) is 0 Å². The maximum absolute atomic E-state index is 11.3. The average molecular weight is 313 g/mol. The van der Waals surface area contributed by atoms with Crippen molar-refractivity contribution in [2.24, 2.45) is 5.92 Å². The molecule has 0 aromatic carbocycles. The van der Waals surface area contributed by atoms with Gasteiger partial charge in [-0.1, -0.05) is 6.92 Å². The van der Waals surface area contributed by atoms with E-state index in [2.05, 4.69) is 28.9 Å². The van der Waals surface area contributed by atoms with Crippen LogP contribution >= 0.6 is 0 Å². The van der Waals surface area contributed by atoms with E-state index in [1.54, 1.807) is 6.07 Å². The lowest BCUT2D eigenvalue weighted by Crippen LogP contribution is -2.28. The lowest BCUT2D eigenvalue weighted by atomic mass is 10.1. The van der Waals surface area contributed by atoms with Gasteiger partial charge in [-0.05, 0) is 32.4 Å². The number of hydrogen-bond acceptors (Lipinski definition) is 6. The predicted octanol–water partition coefficient (Wildman–Crippen LogP) is 1.38. The zero-order valence-electron chi connectivity index (χ0n) is 12.8. The molecule has 2 heterocycles. The largest absolute Gasteiger partial charge is 0.476 e. The van der Waals surface area contributed by atoms with Crippen molar-refractivity contribution in [3.05, 3.63) is 12.1 Å². The van der Waals surface area contributed by atoms with Crippen molar-refractivity contribution in [3.63, 3.8) is 0 Å². The van der Waals surface area contributed by atoms with Crippen LogP contribution in [0.5, 0.6) is 5.88 Å². The van der Waals surface area contributed by atoms with Gasteiger partial charge in [0.2, 0.25) is 5.88 Å². The van der Waals surface area contributed by atoms with Crippen LogP contribution < -0.4 is 4.74 Å². The Morgan fingerprint density at radius 1 is 1.38 bits per heavy atom. The molecule has 21 heavy (non-hydrogen) atoms. The first-order valence-corrected chi connectivity index (χ1v) is 9.20. The minimum atomic E-state index is -3.31. The second-order valence-corrected chi connectivity index (χ2v) is 7.70. The highest BCUT2D eigenvalue weighted by Gasteiger charge is 2.28. The maximum atomic E-state index is 11.3. The SMILES string of the molecule is CCCN1CC(COc2ccc(S(C)(=O)=O)nn2)CC1C. The molecule has 1 aliphatic rings. The predicted molar refractivity (Wildman–Crippen MR) is 80.1 cm³/mol. The quantitative estimate of drug-likeness (QED) is 0.790. The number of aromatic nitrogens is 2. The van der Waals surface area contributed by atoms with E-state index in [0.717, 1.165) is 32.2 Å². The Kier molecular flexibility index (Phi) is 5.16. The minimum absolute atomic E-state index is 0.0292. The highest BCUT2D eigenvalue weighted by atomic mass is 32.2. The monoisotopic (exact) mass is 313 g/mol. The molecule has 0 bridgehead atoms. The molecule has 0 saturated carbocycles. The van der Waals surface area contributed by atoms with Gasteiger partial charge in [0.1, 0.15) is 0 Å². The smallest absolute Gasteiger partial charge is 0.233 e. The Morgan fingerprint density at radius 2 is 2.14 bits per heavy atom. The molecule has 6 nitrogen and oxygen atoms in total. The van der Waals surface area contributed by atoms with Gasteiger partial charge >= 0.3 is 0 Å². The molecule has 1 saturated heterocycles. The second-order valence-electron chi connectivity index (χ2n) is 5.74. The summed E-state index contributed by atoms with van der Waals surface area (Å²) in [6, 6.07) is 3.58. The Bertz CT molecular complexity index is 559. The average Bonchev–Trinajstić information content (AvgIpc) is 2.77. The zero-order chi connectivity index (χ0) is 15.5. The number of nitrogens with zero attached hydrogens (tertiary/aromatic N) is 3. The van der Waals surface area contributed by atoms with E-state index in [1.165, 1.54) is 6.07 Å². The number of hydrogen-bond donors (Lipinski definition) is 0. The van der Waals surface area contributed by atoms with E-state index in [-0.39, 0.29) is 5.03 Å². The summed E-state index contributed by atoms with van der Waals surface area (Å²) >= 11 is 0. The highest BCUT2D eigenvalue weighted by Crippen LogP contribution is 2.23. The summed E-state index contributed by atoms with van der Waals surface area (Å²) < 4.78 is 28.2. The van der Waals surface area contributed by atoms with Crippen LogP contribution in [0.15, 0.2) is 17.2 Å². The lowest BCUT2D eigenvalue weighted by molar-refractivity contribution is 0.226. The highest BCUT2D eigenvalue weighted by molar-refractivity contribution is 7.90. The third-order valence-electron chi connectivity index (χ3n) is 3.76. The number of likely N-dealkylation sites (tertiary alicyclic amines) is 1. The van der Waals surface area contributed by atoms with Crippen LogP contribution in [0.4, 0.5) is 0 Å². The number of ether oxygens (including phenoxy) is 1. The van der Waals surface area contributed by atoms with Crippen LogP contribution in [0.25, 0.3) is 0 Å². The summed E-state index contributed by atoms with van der Waals surface area (Å²) in [6.45, 7) is 7.20. The third-order valence-corrected chi connectivity index (χ3v) is 4.74. The molecule has 1 aromatic heterocycles. The molecule has 2 unspecified atom stereocenters. The van der Waals surface area contributed by atoms with Gasteiger partial charge in [0.25, 0.3) is 0 Å². The van der Waals surface area contributed by atoms with Gasteiger partial charge in [-0.15, -0.1) is 10.2 Å². The number of rotatable bonds is 6. The first-order chi connectivity index (χ1) is 9.90. The molecular formula is C14H23N3O3S. The van der Waals surface area contributed by atoms with Gasteiger partial charge < -0.3 is 9.64 Å². The fourth-order valence-corrected chi connectivity index (χ4v) is 3.23. The van der Waals surface area contributed by atoms with Crippen LogP contribution in [-0.4, -0.2) is 55.5 Å². The van der Waals surface area contributed by atoms with E-state index in [0.29, 0.717) is 24.4 Å². The molecule has 118 valence electrons. The second kappa shape index (κ2) is 6.70. The van der Waals surface area contributed by atoms with Crippen molar-refractivity contribution in [1.82, 2.24) is 15.1 Å². The summed E-state index contributed by atoms with van der Waals surface area (Å²) in [4.78, 5) is 2.48. The van der Waals surface area contributed by atoms with Gasteiger partial charge in [-0.3, -0.25) is 0 Å². The molecule has 2 rings (SSSR count). The number of sulfone groups is 1. The Balaban J connectivity index is 1.87. The van der Waals surface area contributed by atoms with Crippen molar-refractivity contribution in [2.75, 3.05) is 26.0 Å². The van der Waals surface area contributed by atoms with Crippen molar-refractivity contribution < 1.29 is 13.2 Å².